The second kappa shape index (κ2) is 8.64. The van der Waals surface area contributed by atoms with E-state index in [2.05, 4.69) is 5.16 Å². The van der Waals surface area contributed by atoms with E-state index in [0.717, 1.165) is 24.8 Å². The summed E-state index contributed by atoms with van der Waals surface area (Å²) in [4.78, 5) is 16.2. The van der Waals surface area contributed by atoms with E-state index >= 15 is 0 Å². The lowest BCUT2D eigenvalue weighted by Gasteiger charge is -2.34. The van der Waals surface area contributed by atoms with Crippen molar-refractivity contribution in [1.82, 2.24) is 0 Å². The van der Waals surface area contributed by atoms with Gasteiger partial charge >= 0.3 is 5.97 Å². The van der Waals surface area contributed by atoms with Crippen LogP contribution in [-0.4, -0.2) is 42.9 Å². The van der Waals surface area contributed by atoms with Gasteiger partial charge in [-0.3, -0.25) is 0 Å². The van der Waals surface area contributed by atoms with Gasteiger partial charge in [-0.15, -0.1) is 0 Å². The van der Waals surface area contributed by atoms with E-state index < -0.39 is 11.8 Å². The molecule has 1 aromatic rings. The average Bonchev–Trinajstić information content (AvgIpc) is 2.56. The highest BCUT2D eigenvalue weighted by Gasteiger charge is 2.40. The molecule has 0 spiro atoms. The number of carbonyl (C=O) groups is 1. The molecule has 0 aromatic heterocycles. The van der Waals surface area contributed by atoms with Crippen LogP contribution < -0.4 is 0 Å². The lowest BCUT2D eigenvalue weighted by Crippen LogP contribution is -2.47. The first-order valence-electron chi connectivity index (χ1n) is 7.82. The second-order valence-corrected chi connectivity index (χ2v) is 5.71. The monoisotopic (exact) mass is 321 g/mol. The molecule has 0 atom stereocenters. The predicted octanol–water partition coefficient (Wildman–Crippen LogP) is 2.67. The van der Waals surface area contributed by atoms with E-state index in [1.54, 1.807) is 6.21 Å². The van der Waals surface area contributed by atoms with Gasteiger partial charge in [0.2, 0.25) is 0 Å². The number of carboxylic acid groups (broad SMARTS) is 1. The second-order valence-electron chi connectivity index (χ2n) is 5.71. The maximum Gasteiger partial charge on any atom is 0.364 e. The van der Waals surface area contributed by atoms with Crippen LogP contribution in [0.4, 0.5) is 0 Å². The molecule has 0 bridgehead atoms. The Labute approximate surface area is 136 Å². The Kier molecular flexibility index (Phi) is 6.55. The van der Waals surface area contributed by atoms with Crippen molar-refractivity contribution in [3.05, 3.63) is 35.9 Å². The molecule has 6 nitrogen and oxygen atoms in total. The fraction of sp³-hybridized carbons (Fsp3) is 0.529. The standard InChI is InChI=1S/C17H23NO5/c1-17(16(19)20)21-12-15(13-22-17)9-5-6-10-23-18-11-14-7-3-2-4-8-14/h2-4,7-8,11,15H,5-6,9-10,12-13H2,1H3,(H,19,20). The van der Waals surface area contributed by atoms with Crippen LogP contribution >= 0.6 is 0 Å². The molecule has 2 rings (SSSR count). The quantitative estimate of drug-likeness (QED) is 0.452. The van der Waals surface area contributed by atoms with Gasteiger partial charge in [0.05, 0.1) is 19.4 Å². The normalized spacial score (nSPS) is 24.7. The first-order chi connectivity index (χ1) is 11.1. The number of aliphatic carboxylic acids is 1. The molecule has 1 aliphatic rings. The van der Waals surface area contributed by atoms with Gasteiger partial charge in [-0.25, -0.2) is 4.79 Å². The summed E-state index contributed by atoms with van der Waals surface area (Å²) in [6, 6.07) is 9.77. The number of hydrogen-bond donors (Lipinski definition) is 1. The topological polar surface area (TPSA) is 77.4 Å². The number of oxime groups is 1. The van der Waals surface area contributed by atoms with Crippen LogP contribution in [0, 0.1) is 5.92 Å². The molecule has 0 radical (unpaired) electrons. The summed E-state index contributed by atoms with van der Waals surface area (Å²) in [6.07, 6.45) is 4.46. The molecule has 126 valence electrons. The summed E-state index contributed by atoms with van der Waals surface area (Å²) in [5, 5.41) is 12.9. The van der Waals surface area contributed by atoms with Crippen LogP contribution in [0.5, 0.6) is 0 Å². The van der Waals surface area contributed by atoms with Crippen LogP contribution in [0.15, 0.2) is 35.5 Å². The van der Waals surface area contributed by atoms with Gasteiger partial charge in [0.15, 0.2) is 0 Å². The molecule has 0 saturated carbocycles. The molecule has 1 saturated heterocycles. The van der Waals surface area contributed by atoms with E-state index in [0.29, 0.717) is 19.8 Å². The Hall–Kier alpha value is -1.92. The third-order valence-corrected chi connectivity index (χ3v) is 3.75. The van der Waals surface area contributed by atoms with Gasteiger partial charge in [0, 0.05) is 12.8 Å². The fourth-order valence-electron chi connectivity index (χ4n) is 2.22. The molecule has 0 amide bonds. The highest BCUT2D eigenvalue weighted by Crippen LogP contribution is 2.24. The highest BCUT2D eigenvalue weighted by molar-refractivity contribution is 5.78. The molecule has 23 heavy (non-hydrogen) atoms. The summed E-state index contributed by atoms with van der Waals surface area (Å²) < 4.78 is 10.6. The van der Waals surface area contributed by atoms with Crippen molar-refractivity contribution in [2.45, 2.75) is 32.0 Å². The lowest BCUT2D eigenvalue weighted by molar-refractivity contribution is -0.271. The maximum absolute atomic E-state index is 11.0. The van der Waals surface area contributed by atoms with E-state index in [-0.39, 0.29) is 5.92 Å². The predicted molar refractivity (Wildman–Crippen MR) is 85.3 cm³/mol. The zero-order chi connectivity index (χ0) is 16.5. The van der Waals surface area contributed by atoms with E-state index in [9.17, 15) is 4.79 Å². The van der Waals surface area contributed by atoms with E-state index in [1.165, 1.54) is 6.92 Å². The van der Waals surface area contributed by atoms with Gasteiger partial charge in [-0.2, -0.15) is 0 Å². The third kappa shape index (κ3) is 5.65. The lowest BCUT2D eigenvalue weighted by atomic mass is 10.0. The van der Waals surface area contributed by atoms with Crippen LogP contribution in [0.25, 0.3) is 0 Å². The number of nitrogens with zero attached hydrogens (tertiary/aromatic N) is 1. The van der Waals surface area contributed by atoms with Crippen molar-refractivity contribution in [2.24, 2.45) is 11.1 Å². The third-order valence-electron chi connectivity index (χ3n) is 3.75. The Balaban J connectivity index is 1.53. The summed E-state index contributed by atoms with van der Waals surface area (Å²) in [5.41, 5.74) is 1.01. The highest BCUT2D eigenvalue weighted by atomic mass is 16.7. The molecule has 1 heterocycles. The molecule has 6 heteroatoms. The minimum atomic E-state index is -1.49. The number of carboxylic acids is 1. The van der Waals surface area contributed by atoms with Crippen LogP contribution in [0.3, 0.4) is 0 Å². The van der Waals surface area contributed by atoms with Crippen LogP contribution in [0.1, 0.15) is 31.7 Å². The number of benzene rings is 1. The fourth-order valence-corrected chi connectivity index (χ4v) is 2.22. The van der Waals surface area contributed by atoms with Gasteiger partial charge < -0.3 is 19.4 Å². The van der Waals surface area contributed by atoms with Gasteiger partial charge in [-0.1, -0.05) is 35.5 Å². The molecular weight excluding hydrogens is 298 g/mol. The first-order valence-corrected chi connectivity index (χ1v) is 7.82. The molecule has 0 aliphatic carbocycles. The minimum absolute atomic E-state index is 0.232. The SMILES string of the molecule is CC1(C(=O)O)OCC(CCCCON=Cc2ccccc2)CO1. The summed E-state index contributed by atoms with van der Waals surface area (Å²) in [5.74, 6) is -2.35. The Bertz CT molecular complexity index is 509. The van der Waals surface area contributed by atoms with Gasteiger partial charge in [0.1, 0.15) is 6.61 Å². The van der Waals surface area contributed by atoms with Gasteiger partial charge in [0.25, 0.3) is 5.79 Å². The number of hydrogen-bond acceptors (Lipinski definition) is 5. The number of rotatable bonds is 8. The molecule has 1 fully saturated rings. The average molecular weight is 321 g/mol. The van der Waals surface area contributed by atoms with Crippen molar-refractivity contribution in [1.29, 1.82) is 0 Å². The van der Waals surface area contributed by atoms with Crippen LogP contribution in [0.2, 0.25) is 0 Å². The van der Waals surface area contributed by atoms with E-state index in [4.69, 9.17) is 19.4 Å². The first kappa shape index (κ1) is 17.4. The van der Waals surface area contributed by atoms with Crippen molar-refractivity contribution in [3.8, 4) is 0 Å². The zero-order valence-corrected chi connectivity index (χ0v) is 13.3. The molecule has 0 unspecified atom stereocenters. The summed E-state index contributed by atoms with van der Waals surface area (Å²) in [7, 11) is 0. The van der Waals surface area contributed by atoms with E-state index in [1.807, 2.05) is 30.3 Å². The Morgan fingerprint density at radius 3 is 2.70 bits per heavy atom. The summed E-state index contributed by atoms with van der Waals surface area (Å²) >= 11 is 0. The molecule has 1 aliphatic heterocycles. The van der Waals surface area contributed by atoms with Crippen molar-refractivity contribution in [2.75, 3.05) is 19.8 Å². The largest absolute Gasteiger partial charge is 0.477 e. The number of ether oxygens (including phenoxy) is 2. The van der Waals surface area contributed by atoms with Crippen LogP contribution in [-0.2, 0) is 19.1 Å². The molecular formula is C17H23NO5. The zero-order valence-electron chi connectivity index (χ0n) is 13.3. The van der Waals surface area contributed by atoms with Gasteiger partial charge in [-0.05, 0) is 24.8 Å². The smallest absolute Gasteiger partial charge is 0.364 e. The minimum Gasteiger partial charge on any atom is -0.477 e. The molecule has 1 N–H and O–H groups in total. The number of unbranched alkanes of at least 4 members (excludes halogenated alkanes) is 1. The Morgan fingerprint density at radius 1 is 1.35 bits per heavy atom. The summed E-state index contributed by atoms with van der Waals surface area (Å²) in [6.45, 7) is 2.82. The Morgan fingerprint density at radius 2 is 2.04 bits per heavy atom. The molecule has 1 aromatic carbocycles. The maximum atomic E-state index is 11.0. The van der Waals surface area contributed by atoms with Crippen molar-refractivity contribution < 1.29 is 24.2 Å². The van der Waals surface area contributed by atoms with Crippen molar-refractivity contribution in [3.63, 3.8) is 0 Å². The van der Waals surface area contributed by atoms with Crippen molar-refractivity contribution >= 4 is 12.2 Å².